The van der Waals surface area contributed by atoms with Gasteiger partial charge in [0.1, 0.15) is 6.04 Å². The summed E-state index contributed by atoms with van der Waals surface area (Å²) in [5.74, 6) is -0.288. The Hall–Kier alpha value is -0.610. The molecule has 1 aliphatic rings. The van der Waals surface area contributed by atoms with E-state index in [0.717, 1.165) is 0 Å². The minimum absolute atomic E-state index is 0.288. The Labute approximate surface area is 65.5 Å². The highest BCUT2D eigenvalue weighted by Gasteiger charge is 2.25. The molecule has 0 radical (unpaired) electrons. The number of hydrogen-bond acceptors (Lipinski definition) is 4. The van der Waals surface area contributed by atoms with Crippen LogP contribution in [0.15, 0.2) is 0 Å². The third kappa shape index (κ3) is 2.17. The lowest BCUT2D eigenvalue weighted by atomic mass is 10.0. The number of esters is 1. The van der Waals surface area contributed by atoms with Crippen LogP contribution in [-0.2, 0) is 9.53 Å². The van der Waals surface area contributed by atoms with Crippen LogP contribution in [0, 0.1) is 0 Å². The topological polar surface area (TPSA) is 58.6 Å². The Morgan fingerprint density at radius 1 is 1.73 bits per heavy atom. The van der Waals surface area contributed by atoms with Gasteiger partial charge in [0.15, 0.2) is 0 Å². The number of hydrogen-bond donors (Lipinski definition) is 2. The molecule has 0 aromatic carbocycles. The van der Waals surface area contributed by atoms with Crippen molar-refractivity contribution in [3.8, 4) is 0 Å². The third-order valence-corrected chi connectivity index (χ3v) is 1.86. The van der Waals surface area contributed by atoms with Crippen molar-refractivity contribution in [2.75, 3.05) is 13.7 Å². The van der Waals surface area contributed by atoms with Crippen LogP contribution in [0.25, 0.3) is 0 Å². The summed E-state index contributed by atoms with van der Waals surface area (Å²) in [6.45, 7) is 0.681. The molecule has 0 aromatic heterocycles. The molecule has 1 fully saturated rings. The lowest BCUT2D eigenvalue weighted by Gasteiger charge is -2.24. The molecule has 1 rings (SSSR count). The van der Waals surface area contributed by atoms with Gasteiger partial charge in [-0.25, -0.2) is 0 Å². The number of carbonyl (C=O) groups excluding carboxylic acids is 1. The first-order valence-electron chi connectivity index (χ1n) is 3.73. The Kier molecular flexibility index (Phi) is 2.84. The summed E-state index contributed by atoms with van der Waals surface area (Å²) >= 11 is 0. The summed E-state index contributed by atoms with van der Waals surface area (Å²) < 4.78 is 4.53. The molecule has 64 valence electrons. The van der Waals surface area contributed by atoms with E-state index < -0.39 is 0 Å². The first kappa shape index (κ1) is 8.49. The summed E-state index contributed by atoms with van der Waals surface area (Å²) in [5.41, 5.74) is 0. The molecule has 0 aromatic rings. The van der Waals surface area contributed by atoms with E-state index in [-0.39, 0.29) is 18.1 Å². The van der Waals surface area contributed by atoms with E-state index in [1.165, 1.54) is 7.11 Å². The number of piperidine rings is 1. The van der Waals surface area contributed by atoms with Crippen LogP contribution in [-0.4, -0.2) is 36.9 Å². The fraction of sp³-hybridized carbons (Fsp3) is 0.857. The average molecular weight is 159 g/mol. The van der Waals surface area contributed by atoms with Crippen LogP contribution in [0.1, 0.15) is 12.8 Å². The van der Waals surface area contributed by atoms with Gasteiger partial charge in [0.2, 0.25) is 0 Å². The Balaban J connectivity index is 2.39. The molecule has 0 unspecified atom stereocenters. The molecule has 0 saturated carbocycles. The predicted molar refractivity (Wildman–Crippen MR) is 39.0 cm³/mol. The van der Waals surface area contributed by atoms with Crippen LogP contribution >= 0.6 is 0 Å². The van der Waals surface area contributed by atoms with E-state index in [4.69, 9.17) is 0 Å². The molecule has 1 saturated heterocycles. The van der Waals surface area contributed by atoms with E-state index in [0.29, 0.717) is 19.4 Å². The fourth-order valence-electron chi connectivity index (χ4n) is 1.22. The van der Waals surface area contributed by atoms with Crippen LogP contribution in [0.4, 0.5) is 0 Å². The maximum Gasteiger partial charge on any atom is 0.322 e. The molecule has 0 spiro atoms. The Morgan fingerprint density at radius 2 is 2.45 bits per heavy atom. The summed E-state index contributed by atoms with van der Waals surface area (Å²) in [6, 6.07) is -0.316. The second-order valence-electron chi connectivity index (χ2n) is 2.71. The molecule has 0 aliphatic carbocycles. The highest BCUT2D eigenvalue weighted by Crippen LogP contribution is 2.08. The molecule has 4 heteroatoms. The van der Waals surface area contributed by atoms with Crippen molar-refractivity contribution in [3.05, 3.63) is 0 Å². The summed E-state index contributed by atoms with van der Waals surface area (Å²) in [7, 11) is 1.35. The predicted octanol–water partition coefficient (Wildman–Crippen LogP) is -0.728. The van der Waals surface area contributed by atoms with Gasteiger partial charge in [-0.2, -0.15) is 0 Å². The van der Waals surface area contributed by atoms with Gasteiger partial charge in [-0.1, -0.05) is 0 Å². The SMILES string of the molecule is COC(=O)[C@H]1C[C@H](O)CCN1. The van der Waals surface area contributed by atoms with Crippen LogP contribution < -0.4 is 5.32 Å². The molecule has 4 nitrogen and oxygen atoms in total. The van der Waals surface area contributed by atoms with E-state index in [9.17, 15) is 9.90 Å². The van der Waals surface area contributed by atoms with E-state index in [1.54, 1.807) is 0 Å². The van der Waals surface area contributed by atoms with Gasteiger partial charge < -0.3 is 15.2 Å². The van der Waals surface area contributed by atoms with Crippen molar-refractivity contribution in [1.82, 2.24) is 5.32 Å². The summed E-state index contributed by atoms with van der Waals surface area (Å²) in [5, 5.41) is 12.1. The zero-order chi connectivity index (χ0) is 8.27. The number of nitrogens with one attached hydrogen (secondary N) is 1. The number of ether oxygens (including phenoxy) is 1. The lowest BCUT2D eigenvalue weighted by molar-refractivity contribution is -0.144. The average Bonchev–Trinajstić information content (AvgIpc) is 2.03. The van der Waals surface area contributed by atoms with Crippen molar-refractivity contribution in [2.24, 2.45) is 0 Å². The highest BCUT2D eigenvalue weighted by atomic mass is 16.5. The van der Waals surface area contributed by atoms with Crippen molar-refractivity contribution in [2.45, 2.75) is 25.0 Å². The molecular formula is C7H13NO3. The molecule has 2 N–H and O–H groups in total. The summed E-state index contributed by atoms with van der Waals surface area (Å²) in [6.07, 6.45) is 0.820. The smallest absolute Gasteiger partial charge is 0.322 e. The Bertz CT molecular complexity index is 149. The van der Waals surface area contributed by atoms with Crippen molar-refractivity contribution in [1.29, 1.82) is 0 Å². The standard InChI is InChI=1S/C7H13NO3/c1-11-7(10)6-4-5(9)2-3-8-6/h5-6,8-9H,2-4H2,1H3/t5-,6-/m1/s1. The minimum atomic E-state index is -0.361. The summed E-state index contributed by atoms with van der Waals surface area (Å²) in [4.78, 5) is 10.9. The molecule has 11 heavy (non-hydrogen) atoms. The number of methoxy groups -OCH3 is 1. The largest absolute Gasteiger partial charge is 0.468 e. The van der Waals surface area contributed by atoms with Gasteiger partial charge in [0, 0.05) is 0 Å². The molecule has 2 atom stereocenters. The first-order chi connectivity index (χ1) is 5.24. The Morgan fingerprint density at radius 3 is 3.00 bits per heavy atom. The van der Waals surface area contributed by atoms with Crippen LogP contribution in [0.2, 0.25) is 0 Å². The number of carbonyl (C=O) groups is 1. The number of aliphatic hydroxyl groups excluding tert-OH is 1. The fourth-order valence-corrected chi connectivity index (χ4v) is 1.22. The second kappa shape index (κ2) is 3.69. The van der Waals surface area contributed by atoms with Gasteiger partial charge >= 0.3 is 5.97 Å². The maximum atomic E-state index is 10.9. The van der Waals surface area contributed by atoms with Crippen LogP contribution in [0.5, 0.6) is 0 Å². The maximum absolute atomic E-state index is 10.9. The monoisotopic (exact) mass is 159 g/mol. The van der Waals surface area contributed by atoms with Gasteiger partial charge in [-0.15, -0.1) is 0 Å². The quantitative estimate of drug-likeness (QED) is 0.495. The number of rotatable bonds is 1. The molecule has 0 bridgehead atoms. The van der Waals surface area contributed by atoms with Gasteiger partial charge in [-0.3, -0.25) is 4.79 Å². The van der Waals surface area contributed by atoms with Crippen molar-refractivity contribution < 1.29 is 14.6 Å². The van der Waals surface area contributed by atoms with E-state index in [2.05, 4.69) is 10.1 Å². The zero-order valence-electron chi connectivity index (χ0n) is 6.54. The number of aliphatic hydroxyl groups is 1. The van der Waals surface area contributed by atoms with Crippen LogP contribution in [0.3, 0.4) is 0 Å². The van der Waals surface area contributed by atoms with Gasteiger partial charge in [0.05, 0.1) is 13.2 Å². The zero-order valence-corrected chi connectivity index (χ0v) is 6.54. The molecule has 1 aliphatic heterocycles. The van der Waals surface area contributed by atoms with E-state index in [1.807, 2.05) is 0 Å². The molecule has 1 heterocycles. The van der Waals surface area contributed by atoms with Gasteiger partial charge in [0.25, 0.3) is 0 Å². The minimum Gasteiger partial charge on any atom is -0.468 e. The van der Waals surface area contributed by atoms with E-state index >= 15 is 0 Å². The first-order valence-corrected chi connectivity index (χ1v) is 3.73. The highest BCUT2D eigenvalue weighted by molar-refractivity contribution is 5.75. The molecule has 0 amide bonds. The van der Waals surface area contributed by atoms with Crippen molar-refractivity contribution >= 4 is 5.97 Å². The third-order valence-electron chi connectivity index (χ3n) is 1.86. The second-order valence-corrected chi connectivity index (χ2v) is 2.71. The molecular weight excluding hydrogens is 146 g/mol. The van der Waals surface area contributed by atoms with Gasteiger partial charge in [-0.05, 0) is 19.4 Å². The van der Waals surface area contributed by atoms with Crippen molar-refractivity contribution in [3.63, 3.8) is 0 Å². The lowest BCUT2D eigenvalue weighted by Crippen LogP contribution is -2.45. The normalized spacial score (nSPS) is 31.5.